The van der Waals surface area contributed by atoms with Crippen molar-refractivity contribution < 1.29 is 8.42 Å². The standard InChI is InChI=1S/C15H23NO2S/c1-12-5-3-6-13(9-12)11-19(17,18)15-8-4-7-14(10-15)16-2/h3,5-6,9,14-16H,4,7-8,10-11H2,1-2H3. The predicted molar refractivity (Wildman–Crippen MR) is 78.9 cm³/mol. The highest BCUT2D eigenvalue weighted by Gasteiger charge is 2.31. The molecule has 1 N–H and O–H groups in total. The lowest BCUT2D eigenvalue weighted by molar-refractivity contribution is 0.390. The molecule has 2 rings (SSSR count). The average molecular weight is 281 g/mol. The van der Waals surface area contributed by atoms with Crippen LogP contribution >= 0.6 is 0 Å². The van der Waals surface area contributed by atoms with Gasteiger partial charge in [-0.25, -0.2) is 8.42 Å². The van der Waals surface area contributed by atoms with Gasteiger partial charge in [0.05, 0.1) is 11.0 Å². The van der Waals surface area contributed by atoms with Crippen molar-refractivity contribution in [2.24, 2.45) is 0 Å². The molecule has 0 saturated heterocycles. The molecule has 0 aliphatic heterocycles. The van der Waals surface area contributed by atoms with Crippen LogP contribution in [0.2, 0.25) is 0 Å². The predicted octanol–water partition coefficient (Wildman–Crippen LogP) is 2.44. The van der Waals surface area contributed by atoms with Crippen LogP contribution in [-0.2, 0) is 15.6 Å². The lowest BCUT2D eigenvalue weighted by Gasteiger charge is -2.28. The van der Waals surface area contributed by atoms with Crippen LogP contribution in [0.25, 0.3) is 0 Å². The van der Waals surface area contributed by atoms with Crippen molar-refractivity contribution in [1.82, 2.24) is 5.32 Å². The van der Waals surface area contributed by atoms with Gasteiger partial charge in [-0.2, -0.15) is 0 Å². The Morgan fingerprint density at radius 1 is 1.32 bits per heavy atom. The SMILES string of the molecule is CNC1CCCC(S(=O)(=O)Cc2cccc(C)c2)C1. The van der Waals surface area contributed by atoms with E-state index in [1.807, 2.05) is 38.2 Å². The van der Waals surface area contributed by atoms with Gasteiger partial charge in [0, 0.05) is 6.04 Å². The average Bonchev–Trinajstić information content (AvgIpc) is 2.38. The maximum atomic E-state index is 12.5. The summed E-state index contributed by atoms with van der Waals surface area (Å²) in [6, 6.07) is 8.15. The Morgan fingerprint density at radius 2 is 2.11 bits per heavy atom. The molecular weight excluding hydrogens is 258 g/mol. The van der Waals surface area contributed by atoms with Crippen molar-refractivity contribution in [2.45, 2.75) is 49.7 Å². The van der Waals surface area contributed by atoms with Crippen molar-refractivity contribution in [3.05, 3.63) is 35.4 Å². The lowest BCUT2D eigenvalue weighted by Crippen LogP contribution is -2.37. The molecule has 2 atom stereocenters. The fraction of sp³-hybridized carbons (Fsp3) is 0.600. The molecule has 0 amide bonds. The monoisotopic (exact) mass is 281 g/mol. The van der Waals surface area contributed by atoms with Gasteiger partial charge in [0.1, 0.15) is 0 Å². The number of nitrogens with one attached hydrogen (secondary N) is 1. The highest BCUT2D eigenvalue weighted by Crippen LogP contribution is 2.26. The van der Waals surface area contributed by atoms with E-state index in [4.69, 9.17) is 0 Å². The maximum absolute atomic E-state index is 12.5. The van der Waals surface area contributed by atoms with Crippen LogP contribution in [0, 0.1) is 6.92 Å². The van der Waals surface area contributed by atoms with Crippen molar-refractivity contribution in [3.8, 4) is 0 Å². The number of aryl methyl sites for hydroxylation is 1. The van der Waals surface area contributed by atoms with Crippen LogP contribution in [0.4, 0.5) is 0 Å². The van der Waals surface area contributed by atoms with Crippen LogP contribution in [0.15, 0.2) is 24.3 Å². The Labute approximate surface area is 116 Å². The second-order valence-electron chi connectivity index (χ2n) is 5.57. The first-order chi connectivity index (χ1) is 9.01. The van der Waals surface area contributed by atoms with Gasteiger partial charge >= 0.3 is 0 Å². The largest absolute Gasteiger partial charge is 0.317 e. The zero-order valence-electron chi connectivity index (χ0n) is 11.7. The summed E-state index contributed by atoms with van der Waals surface area (Å²) in [4.78, 5) is 0. The number of sulfone groups is 1. The Morgan fingerprint density at radius 3 is 2.79 bits per heavy atom. The molecule has 1 aliphatic rings. The van der Waals surface area contributed by atoms with Crippen molar-refractivity contribution in [3.63, 3.8) is 0 Å². The van der Waals surface area contributed by atoms with Gasteiger partial charge in [-0.1, -0.05) is 36.2 Å². The second kappa shape index (κ2) is 6.06. The molecule has 0 aromatic heterocycles. The third-order valence-electron chi connectivity index (χ3n) is 3.99. The Kier molecular flexibility index (Phi) is 4.63. The zero-order valence-corrected chi connectivity index (χ0v) is 12.5. The van der Waals surface area contributed by atoms with Crippen LogP contribution < -0.4 is 5.32 Å². The summed E-state index contributed by atoms with van der Waals surface area (Å²) in [5, 5.41) is 3.03. The van der Waals surface area contributed by atoms with Crippen LogP contribution in [-0.4, -0.2) is 26.8 Å². The Bertz CT molecular complexity index is 525. The minimum Gasteiger partial charge on any atom is -0.317 e. The molecule has 0 radical (unpaired) electrons. The molecule has 0 spiro atoms. The molecule has 2 unspecified atom stereocenters. The summed E-state index contributed by atoms with van der Waals surface area (Å²) in [6.45, 7) is 1.99. The van der Waals surface area contributed by atoms with Gasteiger partial charge in [-0.05, 0) is 38.8 Å². The number of hydrogen-bond acceptors (Lipinski definition) is 3. The second-order valence-corrected chi connectivity index (χ2v) is 7.85. The molecule has 1 fully saturated rings. The van der Waals surface area contributed by atoms with Crippen LogP contribution in [0.3, 0.4) is 0 Å². The summed E-state index contributed by atoms with van der Waals surface area (Å²) < 4.78 is 25.0. The van der Waals surface area contributed by atoms with E-state index in [9.17, 15) is 8.42 Å². The van der Waals surface area contributed by atoms with E-state index >= 15 is 0 Å². The quantitative estimate of drug-likeness (QED) is 0.922. The molecule has 1 aromatic carbocycles. The van der Waals surface area contributed by atoms with Crippen molar-refractivity contribution in [1.29, 1.82) is 0 Å². The van der Waals surface area contributed by atoms with Crippen molar-refractivity contribution in [2.75, 3.05) is 7.05 Å². The van der Waals surface area contributed by atoms with Gasteiger partial charge in [-0.15, -0.1) is 0 Å². The molecule has 1 saturated carbocycles. The van der Waals surface area contributed by atoms with Gasteiger partial charge in [-0.3, -0.25) is 0 Å². The Balaban J connectivity index is 2.09. The first-order valence-electron chi connectivity index (χ1n) is 6.95. The van der Waals surface area contributed by atoms with E-state index in [2.05, 4.69) is 5.32 Å². The fourth-order valence-electron chi connectivity index (χ4n) is 2.89. The summed E-state index contributed by atoms with van der Waals surface area (Å²) in [5.74, 6) is 0.176. The van der Waals surface area contributed by atoms with E-state index in [1.54, 1.807) is 0 Å². The molecule has 4 heteroatoms. The highest BCUT2D eigenvalue weighted by atomic mass is 32.2. The summed E-state index contributed by atoms with van der Waals surface area (Å²) in [5.41, 5.74) is 2.02. The summed E-state index contributed by atoms with van der Waals surface area (Å²) in [6.07, 6.45) is 3.66. The molecule has 106 valence electrons. The van der Waals surface area contributed by atoms with Gasteiger partial charge in [0.15, 0.2) is 9.84 Å². The summed E-state index contributed by atoms with van der Waals surface area (Å²) in [7, 11) is -1.12. The molecule has 19 heavy (non-hydrogen) atoms. The number of hydrogen-bond donors (Lipinski definition) is 1. The molecule has 1 aromatic rings. The molecule has 3 nitrogen and oxygen atoms in total. The molecule has 0 heterocycles. The first kappa shape index (κ1) is 14.5. The molecular formula is C15H23NO2S. The van der Waals surface area contributed by atoms with Gasteiger partial charge in [0.25, 0.3) is 0 Å². The minimum atomic E-state index is -3.04. The lowest BCUT2D eigenvalue weighted by atomic mass is 9.95. The number of rotatable bonds is 4. The fourth-order valence-corrected chi connectivity index (χ4v) is 4.82. The number of benzene rings is 1. The van der Waals surface area contributed by atoms with Crippen molar-refractivity contribution >= 4 is 9.84 Å². The first-order valence-corrected chi connectivity index (χ1v) is 8.67. The summed E-state index contributed by atoms with van der Waals surface area (Å²) >= 11 is 0. The van der Waals surface area contributed by atoms with Gasteiger partial charge in [0.2, 0.25) is 0 Å². The van der Waals surface area contributed by atoms with E-state index in [0.717, 1.165) is 36.8 Å². The Hall–Kier alpha value is -0.870. The smallest absolute Gasteiger partial charge is 0.157 e. The molecule has 1 aliphatic carbocycles. The van der Waals surface area contributed by atoms with Crippen LogP contribution in [0.1, 0.15) is 36.8 Å². The third-order valence-corrected chi connectivity index (χ3v) is 6.17. The maximum Gasteiger partial charge on any atom is 0.157 e. The minimum absolute atomic E-state index is 0.176. The van der Waals surface area contributed by atoms with E-state index in [0.29, 0.717) is 6.04 Å². The molecule has 0 bridgehead atoms. The topological polar surface area (TPSA) is 46.2 Å². The van der Waals surface area contributed by atoms with E-state index in [1.165, 1.54) is 0 Å². The van der Waals surface area contributed by atoms with E-state index in [-0.39, 0.29) is 11.0 Å². The third kappa shape index (κ3) is 3.80. The highest BCUT2D eigenvalue weighted by molar-refractivity contribution is 7.91. The normalized spacial score (nSPS) is 24.3. The van der Waals surface area contributed by atoms with Crippen LogP contribution in [0.5, 0.6) is 0 Å². The van der Waals surface area contributed by atoms with E-state index < -0.39 is 9.84 Å². The van der Waals surface area contributed by atoms with Gasteiger partial charge < -0.3 is 5.32 Å². The zero-order chi connectivity index (χ0) is 13.9.